The summed E-state index contributed by atoms with van der Waals surface area (Å²) in [6, 6.07) is 12.6. The van der Waals surface area contributed by atoms with Crippen LogP contribution in [-0.4, -0.2) is 23.8 Å². The van der Waals surface area contributed by atoms with E-state index in [9.17, 15) is 14.0 Å². The first-order valence-corrected chi connectivity index (χ1v) is 6.99. The van der Waals surface area contributed by atoms with Gasteiger partial charge in [-0.2, -0.15) is 0 Å². The summed E-state index contributed by atoms with van der Waals surface area (Å²) in [7, 11) is 1.53. The molecule has 0 aliphatic carbocycles. The van der Waals surface area contributed by atoms with Crippen molar-refractivity contribution in [3.63, 3.8) is 0 Å². The van der Waals surface area contributed by atoms with Crippen LogP contribution in [0.2, 0.25) is 0 Å². The lowest BCUT2D eigenvalue weighted by Gasteiger charge is -2.06. The molecule has 3 N–H and O–H groups in total. The monoisotopic (exact) mass is 311 g/mol. The summed E-state index contributed by atoms with van der Waals surface area (Å²) in [5.74, 6) is -1.04. The average molecular weight is 311 g/mol. The smallest absolute Gasteiger partial charge is 0.272 e. The highest BCUT2D eigenvalue weighted by atomic mass is 19.1. The third-order valence-electron chi connectivity index (χ3n) is 3.47. The first kappa shape index (κ1) is 14.8. The molecule has 1 aromatic heterocycles. The van der Waals surface area contributed by atoms with Crippen molar-refractivity contribution in [2.75, 3.05) is 12.4 Å². The number of benzene rings is 2. The van der Waals surface area contributed by atoms with Crippen molar-refractivity contribution in [1.29, 1.82) is 0 Å². The SMILES string of the molecule is CNC(=O)c1cccc(NC(=O)c2cc3c(F)cccc3[nH]2)c1. The molecule has 6 heteroatoms. The van der Waals surface area contributed by atoms with Gasteiger partial charge in [-0.25, -0.2) is 4.39 Å². The molecule has 23 heavy (non-hydrogen) atoms. The first-order valence-electron chi connectivity index (χ1n) is 6.99. The van der Waals surface area contributed by atoms with Crippen LogP contribution in [-0.2, 0) is 0 Å². The van der Waals surface area contributed by atoms with Gasteiger partial charge in [0.1, 0.15) is 11.5 Å². The Morgan fingerprint density at radius 1 is 1.04 bits per heavy atom. The highest BCUT2D eigenvalue weighted by Gasteiger charge is 2.12. The zero-order valence-electron chi connectivity index (χ0n) is 12.3. The minimum atomic E-state index is -0.408. The van der Waals surface area contributed by atoms with Gasteiger partial charge in [-0.1, -0.05) is 12.1 Å². The Labute approximate surface area is 131 Å². The van der Waals surface area contributed by atoms with Crippen LogP contribution in [0.5, 0.6) is 0 Å². The topological polar surface area (TPSA) is 74.0 Å². The van der Waals surface area contributed by atoms with Crippen molar-refractivity contribution >= 4 is 28.4 Å². The van der Waals surface area contributed by atoms with E-state index < -0.39 is 5.91 Å². The van der Waals surface area contributed by atoms with Crippen LogP contribution in [0, 0.1) is 5.82 Å². The molecule has 1 heterocycles. The number of aromatic nitrogens is 1. The van der Waals surface area contributed by atoms with Gasteiger partial charge in [-0.05, 0) is 36.4 Å². The summed E-state index contributed by atoms with van der Waals surface area (Å²) in [5, 5.41) is 5.56. The summed E-state index contributed by atoms with van der Waals surface area (Å²) >= 11 is 0. The van der Waals surface area contributed by atoms with E-state index in [-0.39, 0.29) is 17.4 Å². The molecule has 0 bridgehead atoms. The van der Waals surface area contributed by atoms with Crippen LogP contribution in [0.25, 0.3) is 10.9 Å². The number of hydrogen-bond donors (Lipinski definition) is 3. The van der Waals surface area contributed by atoms with E-state index in [4.69, 9.17) is 0 Å². The maximum Gasteiger partial charge on any atom is 0.272 e. The second-order valence-corrected chi connectivity index (χ2v) is 5.00. The molecule has 3 rings (SSSR count). The summed E-state index contributed by atoms with van der Waals surface area (Å²) in [6.45, 7) is 0. The number of anilines is 1. The fourth-order valence-electron chi connectivity index (χ4n) is 2.32. The number of halogens is 1. The van der Waals surface area contributed by atoms with Gasteiger partial charge < -0.3 is 15.6 Å². The van der Waals surface area contributed by atoms with Gasteiger partial charge in [-0.3, -0.25) is 9.59 Å². The predicted molar refractivity (Wildman–Crippen MR) is 86.0 cm³/mol. The first-order chi connectivity index (χ1) is 11.1. The molecule has 0 unspecified atom stereocenters. The number of amides is 2. The van der Waals surface area contributed by atoms with Crippen molar-refractivity contribution in [1.82, 2.24) is 10.3 Å². The van der Waals surface area contributed by atoms with E-state index in [1.165, 1.54) is 19.2 Å². The Hall–Kier alpha value is -3.15. The number of fused-ring (bicyclic) bond motifs is 1. The summed E-state index contributed by atoms with van der Waals surface area (Å²) in [5.41, 5.74) is 1.72. The zero-order valence-corrected chi connectivity index (χ0v) is 12.3. The van der Waals surface area contributed by atoms with Crippen LogP contribution >= 0.6 is 0 Å². The maximum absolute atomic E-state index is 13.7. The Bertz CT molecular complexity index is 902. The predicted octanol–water partition coefficient (Wildman–Crippen LogP) is 2.92. The number of carbonyl (C=O) groups excluding carboxylic acids is 2. The lowest BCUT2D eigenvalue weighted by atomic mass is 10.2. The van der Waals surface area contributed by atoms with Gasteiger partial charge in [0.05, 0.1) is 0 Å². The second kappa shape index (κ2) is 5.92. The molecule has 2 aromatic carbocycles. The molecule has 2 amide bonds. The van der Waals surface area contributed by atoms with Crippen LogP contribution in [0.1, 0.15) is 20.8 Å². The lowest BCUT2D eigenvalue weighted by molar-refractivity contribution is 0.0961. The average Bonchev–Trinajstić information content (AvgIpc) is 3.00. The Morgan fingerprint density at radius 3 is 2.57 bits per heavy atom. The Balaban J connectivity index is 1.86. The molecule has 0 spiro atoms. The standard InChI is InChI=1S/C17H14FN3O2/c1-19-16(22)10-4-2-5-11(8-10)20-17(23)15-9-12-13(18)6-3-7-14(12)21-15/h2-9,21H,1H3,(H,19,22)(H,20,23). The largest absolute Gasteiger partial charge is 0.355 e. The van der Waals surface area contributed by atoms with E-state index >= 15 is 0 Å². The van der Waals surface area contributed by atoms with Gasteiger partial charge in [0.2, 0.25) is 0 Å². The number of nitrogens with one attached hydrogen (secondary N) is 3. The molecule has 0 saturated heterocycles. The fraction of sp³-hybridized carbons (Fsp3) is 0.0588. The highest BCUT2D eigenvalue weighted by Crippen LogP contribution is 2.19. The fourth-order valence-corrected chi connectivity index (χ4v) is 2.32. The number of aromatic amines is 1. The van der Waals surface area contributed by atoms with Crippen molar-refractivity contribution in [3.8, 4) is 0 Å². The van der Waals surface area contributed by atoms with Gasteiger partial charge in [0.15, 0.2) is 0 Å². The van der Waals surface area contributed by atoms with Crippen molar-refractivity contribution in [2.24, 2.45) is 0 Å². The maximum atomic E-state index is 13.7. The molecule has 116 valence electrons. The van der Waals surface area contributed by atoms with Crippen molar-refractivity contribution < 1.29 is 14.0 Å². The minimum Gasteiger partial charge on any atom is -0.355 e. The molecular formula is C17H14FN3O2. The molecule has 5 nitrogen and oxygen atoms in total. The van der Waals surface area contributed by atoms with Crippen LogP contribution in [0.3, 0.4) is 0 Å². The summed E-state index contributed by atoms with van der Waals surface area (Å²) < 4.78 is 13.7. The molecule has 0 atom stereocenters. The van der Waals surface area contributed by atoms with Crippen LogP contribution in [0.15, 0.2) is 48.5 Å². The summed E-state index contributed by atoms with van der Waals surface area (Å²) in [6.07, 6.45) is 0. The molecule has 0 aliphatic rings. The minimum absolute atomic E-state index is 0.242. The normalized spacial score (nSPS) is 10.5. The van der Waals surface area contributed by atoms with Gasteiger partial charge in [0, 0.05) is 29.2 Å². The molecular weight excluding hydrogens is 297 g/mol. The van der Waals surface area contributed by atoms with Crippen molar-refractivity contribution in [3.05, 3.63) is 65.6 Å². The van der Waals surface area contributed by atoms with Crippen LogP contribution in [0.4, 0.5) is 10.1 Å². The van der Waals surface area contributed by atoms with E-state index in [2.05, 4.69) is 15.6 Å². The molecule has 0 fully saturated rings. The lowest BCUT2D eigenvalue weighted by Crippen LogP contribution is -2.18. The van der Waals surface area contributed by atoms with Crippen molar-refractivity contribution in [2.45, 2.75) is 0 Å². The number of hydrogen-bond acceptors (Lipinski definition) is 2. The third-order valence-corrected chi connectivity index (χ3v) is 3.47. The number of H-pyrrole nitrogens is 1. The number of rotatable bonds is 3. The molecule has 0 aliphatic heterocycles. The zero-order chi connectivity index (χ0) is 16.4. The number of carbonyl (C=O) groups is 2. The summed E-state index contributed by atoms with van der Waals surface area (Å²) in [4.78, 5) is 26.8. The van der Waals surface area contributed by atoms with E-state index in [1.54, 1.807) is 36.4 Å². The van der Waals surface area contributed by atoms with E-state index in [0.717, 1.165) is 0 Å². The quantitative estimate of drug-likeness (QED) is 0.696. The third kappa shape index (κ3) is 2.91. The molecule has 3 aromatic rings. The van der Waals surface area contributed by atoms with E-state index in [1.807, 2.05) is 0 Å². The van der Waals surface area contributed by atoms with Gasteiger partial charge >= 0.3 is 0 Å². The van der Waals surface area contributed by atoms with Crippen LogP contribution < -0.4 is 10.6 Å². The molecule has 0 radical (unpaired) electrons. The van der Waals surface area contributed by atoms with E-state index in [0.29, 0.717) is 22.2 Å². The Kier molecular flexibility index (Phi) is 3.80. The second-order valence-electron chi connectivity index (χ2n) is 5.00. The van der Waals surface area contributed by atoms with Gasteiger partial charge in [0.25, 0.3) is 11.8 Å². The highest BCUT2D eigenvalue weighted by molar-refractivity contribution is 6.06. The Morgan fingerprint density at radius 2 is 1.83 bits per heavy atom. The molecule has 0 saturated carbocycles. The van der Waals surface area contributed by atoms with Gasteiger partial charge in [-0.15, -0.1) is 0 Å².